The summed E-state index contributed by atoms with van der Waals surface area (Å²) in [6.07, 6.45) is 7.28. The van der Waals surface area contributed by atoms with E-state index < -0.39 is 0 Å². The summed E-state index contributed by atoms with van der Waals surface area (Å²) in [5.74, 6) is 0.772. The molecule has 1 aromatic carbocycles. The van der Waals surface area contributed by atoms with E-state index in [1.54, 1.807) is 0 Å². The number of rotatable bonds is 0. The summed E-state index contributed by atoms with van der Waals surface area (Å²) in [4.78, 5) is 0. The third-order valence-electron chi connectivity index (χ3n) is 3.89. The molecule has 0 aromatic heterocycles. The summed E-state index contributed by atoms with van der Waals surface area (Å²) < 4.78 is 0. The Morgan fingerprint density at radius 1 is 0.857 bits per heavy atom. The molecule has 0 amide bonds. The highest BCUT2D eigenvalue weighted by Gasteiger charge is 2.03. The topological polar surface area (TPSA) is 0 Å². The van der Waals surface area contributed by atoms with E-state index in [0.717, 1.165) is 5.92 Å². The van der Waals surface area contributed by atoms with Crippen molar-refractivity contribution in [1.29, 1.82) is 0 Å². The second-order valence-corrected chi connectivity index (χ2v) is 5.88. The van der Waals surface area contributed by atoms with Crippen molar-refractivity contribution in [2.45, 2.75) is 68.2 Å². The fourth-order valence-corrected chi connectivity index (χ4v) is 2.26. The van der Waals surface area contributed by atoms with Crippen LogP contribution in [0.15, 0.2) is 41.5 Å². The minimum Gasteiger partial charge on any atom is -0.0813 e. The van der Waals surface area contributed by atoms with Gasteiger partial charge in [-0.3, -0.25) is 0 Å². The molecule has 2 rings (SSSR count). The standard InChI is InChI=1S/C10H16.C9H12.C2H6/c1-8-5-4-6-9(2)10(3)7-8;1-7-4-5-8(2)9(3)6-7;1-2/h6-8H,4-5H2,1-3H3;4-6H,1-3H3;1-2H3. The molecule has 0 radical (unpaired) electrons. The van der Waals surface area contributed by atoms with Crippen molar-refractivity contribution in [2.24, 2.45) is 5.92 Å². The van der Waals surface area contributed by atoms with E-state index in [1.165, 1.54) is 40.7 Å². The maximum absolute atomic E-state index is 2.37. The second-order valence-electron chi connectivity index (χ2n) is 5.88. The third kappa shape index (κ3) is 7.90. The first kappa shape index (κ1) is 19.7. The van der Waals surface area contributed by atoms with Gasteiger partial charge >= 0.3 is 0 Å². The summed E-state index contributed by atoms with van der Waals surface area (Å²) >= 11 is 0. The largest absolute Gasteiger partial charge is 0.0813 e. The van der Waals surface area contributed by atoms with E-state index in [-0.39, 0.29) is 0 Å². The van der Waals surface area contributed by atoms with Crippen molar-refractivity contribution in [1.82, 2.24) is 0 Å². The van der Waals surface area contributed by atoms with Gasteiger partial charge in [-0.15, -0.1) is 0 Å². The van der Waals surface area contributed by atoms with Gasteiger partial charge in [0.2, 0.25) is 0 Å². The van der Waals surface area contributed by atoms with Crippen LogP contribution in [0.25, 0.3) is 0 Å². The second kappa shape index (κ2) is 10.4. The van der Waals surface area contributed by atoms with Gasteiger partial charge in [-0.05, 0) is 64.5 Å². The first-order valence-corrected chi connectivity index (χ1v) is 8.29. The Kier molecular flexibility index (Phi) is 9.78. The molecular weight excluding hydrogens is 252 g/mol. The zero-order chi connectivity index (χ0) is 16.4. The molecule has 0 saturated carbocycles. The van der Waals surface area contributed by atoms with Crippen molar-refractivity contribution in [2.75, 3.05) is 0 Å². The summed E-state index contributed by atoms with van der Waals surface area (Å²) in [6.45, 7) is 17.1. The van der Waals surface area contributed by atoms with Crippen LogP contribution in [0, 0.1) is 26.7 Å². The van der Waals surface area contributed by atoms with Crippen LogP contribution in [0.4, 0.5) is 0 Å². The highest BCUT2D eigenvalue weighted by molar-refractivity contribution is 5.29. The lowest BCUT2D eigenvalue weighted by molar-refractivity contribution is 0.660. The van der Waals surface area contributed by atoms with Crippen LogP contribution in [0.1, 0.15) is 64.2 Å². The van der Waals surface area contributed by atoms with E-state index in [0.29, 0.717) is 0 Å². The van der Waals surface area contributed by atoms with Crippen molar-refractivity contribution in [3.63, 3.8) is 0 Å². The van der Waals surface area contributed by atoms with Crippen molar-refractivity contribution in [3.8, 4) is 0 Å². The van der Waals surface area contributed by atoms with Gasteiger partial charge in [0, 0.05) is 0 Å². The van der Waals surface area contributed by atoms with Crippen LogP contribution in [0.2, 0.25) is 0 Å². The zero-order valence-corrected chi connectivity index (χ0v) is 15.4. The molecule has 1 unspecified atom stereocenters. The molecule has 0 heterocycles. The average Bonchev–Trinajstić information content (AvgIpc) is 2.59. The smallest absolute Gasteiger partial charge is 0.0253 e. The Balaban J connectivity index is 0.000000342. The van der Waals surface area contributed by atoms with E-state index in [9.17, 15) is 0 Å². The monoisotopic (exact) mass is 286 g/mol. The van der Waals surface area contributed by atoms with E-state index in [2.05, 4.69) is 71.9 Å². The maximum Gasteiger partial charge on any atom is -0.0253 e. The average molecular weight is 287 g/mol. The molecule has 1 aromatic rings. The normalized spacial score (nSPS) is 17.2. The lowest BCUT2D eigenvalue weighted by Gasteiger charge is -2.01. The highest BCUT2D eigenvalue weighted by atomic mass is 14.1. The van der Waals surface area contributed by atoms with Gasteiger partial charge in [0.15, 0.2) is 0 Å². The number of hydrogen-bond donors (Lipinski definition) is 0. The molecule has 0 saturated heterocycles. The van der Waals surface area contributed by atoms with Gasteiger partial charge in [-0.2, -0.15) is 0 Å². The molecule has 0 bridgehead atoms. The van der Waals surface area contributed by atoms with E-state index in [1.807, 2.05) is 13.8 Å². The lowest BCUT2D eigenvalue weighted by atomic mass is 10.0. The van der Waals surface area contributed by atoms with Crippen molar-refractivity contribution in [3.05, 3.63) is 58.2 Å². The van der Waals surface area contributed by atoms with Crippen LogP contribution in [-0.2, 0) is 0 Å². The number of aryl methyl sites for hydroxylation is 3. The Hall–Kier alpha value is -1.30. The minimum atomic E-state index is 0.772. The number of allylic oxidation sites excluding steroid dienone is 4. The SMILES string of the molecule is CC.CC1=CCCC(C)C=C1C.Cc1ccc(C)c(C)c1. The first-order chi connectivity index (χ1) is 9.90. The maximum atomic E-state index is 2.37. The number of benzene rings is 1. The van der Waals surface area contributed by atoms with Crippen LogP contribution in [-0.4, -0.2) is 0 Å². The molecular formula is C21H34. The molecule has 1 aliphatic carbocycles. The molecule has 118 valence electrons. The van der Waals surface area contributed by atoms with Crippen LogP contribution >= 0.6 is 0 Å². The molecule has 21 heavy (non-hydrogen) atoms. The predicted molar refractivity (Wildman–Crippen MR) is 97.9 cm³/mol. The predicted octanol–water partition coefficient (Wildman–Crippen LogP) is 6.95. The fourth-order valence-electron chi connectivity index (χ4n) is 2.26. The first-order valence-electron chi connectivity index (χ1n) is 8.29. The van der Waals surface area contributed by atoms with Gasteiger partial charge < -0.3 is 0 Å². The van der Waals surface area contributed by atoms with Gasteiger partial charge in [0.1, 0.15) is 0 Å². The number of hydrogen-bond acceptors (Lipinski definition) is 0. The zero-order valence-electron chi connectivity index (χ0n) is 15.4. The van der Waals surface area contributed by atoms with Crippen molar-refractivity contribution >= 4 is 0 Å². The molecule has 0 fully saturated rings. The molecule has 0 aliphatic heterocycles. The fraction of sp³-hybridized carbons (Fsp3) is 0.524. The van der Waals surface area contributed by atoms with E-state index >= 15 is 0 Å². The molecule has 0 spiro atoms. The third-order valence-corrected chi connectivity index (χ3v) is 3.89. The van der Waals surface area contributed by atoms with Crippen molar-refractivity contribution < 1.29 is 0 Å². The lowest BCUT2D eigenvalue weighted by Crippen LogP contribution is -1.86. The Bertz CT molecular complexity index is 475. The van der Waals surface area contributed by atoms with Gasteiger partial charge in [0.05, 0.1) is 0 Å². The van der Waals surface area contributed by atoms with Gasteiger partial charge in [0.25, 0.3) is 0 Å². The molecule has 0 heteroatoms. The molecule has 0 nitrogen and oxygen atoms in total. The summed E-state index contributed by atoms with van der Waals surface area (Å²) in [5, 5.41) is 0. The quantitative estimate of drug-likeness (QED) is 0.484. The highest BCUT2D eigenvalue weighted by Crippen LogP contribution is 2.20. The summed E-state index contributed by atoms with van der Waals surface area (Å²) in [5.41, 5.74) is 7.03. The minimum absolute atomic E-state index is 0.772. The molecule has 1 atom stereocenters. The molecule has 1 aliphatic rings. The van der Waals surface area contributed by atoms with Gasteiger partial charge in [-0.1, -0.05) is 67.8 Å². The van der Waals surface area contributed by atoms with Crippen LogP contribution < -0.4 is 0 Å². The molecule has 0 N–H and O–H groups in total. The summed E-state index contributed by atoms with van der Waals surface area (Å²) in [6, 6.07) is 6.50. The van der Waals surface area contributed by atoms with Crippen LogP contribution in [0.3, 0.4) is 0 Å². The Morgan fingerprint density at radius 2 is 1.48 bits per heavy atom. The summed E-state index contributed by atoms with van der Waals surface area (Å²) in [7, 11) is 0. The Labute approximate surface area is 133 Å². The van der Waals surface area contributed by atoms with Crippen LogP contribution in [0.5, 0.6) is 0 Å². The van der Waals surface area contributed by atoms with Gasteiger partial charge in [-0.25, -0.2) is 0 Å². The Morgan fingerprint density at radius 3 is 2.00 bits per heavy atom. The van der Waals surface area contributed by atoms with E-state index in [4.69, 9.17) is 0 Å².